The minimum atomic E-state index is 0.350. The van der Waals surface area contributed by atoms with Crippen LogP contribution >= 0.6 is 0 Å². The lowest BCUT2D eigenvalue weighted by Gasteiger charge is -2.06. The number of nitrogens with one attached hydrogen (secondary N) is 1. The first kappa shape index (κ1) is 11.4. The van der Waals surface area contributed by atoms with Gasteiger partial charge in [-0.2, -0.15) is 5.26 Å². The van der Waals surface area contributed by atoms with E-state index < -0.39 is 0 Å². The summed E-state index contributed by atoms with van der Waals surface area (Å²) in [6.45, 7) is 5.32. The largest absolute Gasteiger partial charge is 0.369 e. The van der Waals surface area contributed by atoms with Gasteiger partial charge in [0.15, 0.2) is 5.69 Å². The van der Waals surface area contributed by atoms with E-state index in [-0.39, 0.29) is 0 Å². The fraction of sp³-hybridized carbons (Fsp3) is 0.545. The Kier molecular flexibility index (Phi) is 4.55. The van der Waals surface area contributed by atoms with Gasteiger partial charge in [-0.05, 0) is 30.9 Å². The third-order valence-electron chi connectivity index (χ3n) is 2.04. The summed E-state index contributed by atoms with van der Waals surface area (Å²) in [6, 6.07) is 5.38. The smallest absolute Gasteiger partial charge is 0.163 e. The molecule has 0 saturated heterocycles. The van der Waals surface area contributed by atoms with Crippen LogP contribution < -0.4 is 5.32 Å². The maximum Gasteiger partial charge on any atom is 0.163 e. The average Bonchev–Trinajstić information content (AvgIpc) is 2.25. The van der Waals surface area contributed by atoms with Gasteiger partial charge in [0.25, 0.3) is 0 Å². The Labute approximate surface area is 90.3 Å². The van der Waals surface area contributed by atoms with E-state index in [1.165, 1.54) is 6.42 Å². The van der Waals surface area contributed by atoms with Crippen LogP contribution in [0.4, 0.5) is 5.82 Å². The molecule has 0 aromatic carbocycles. The monoisotopic (exact) mass is 204 g/mol. The summed E-state index contributed by atoms with van der Waals surface area (Å²) in [5, 5.41) is 19.3. The van der Waals surface area contributed by atoms with Crippen LogP contribution in [-0.4, -0.2) is 16.7 Å². The van der Waals surface area contributed by atoms with Crippen molar-refractivity contribution in [3.8, 4) is 6.07 Å². The molecule has 0 bridgehead atoms. The van der Waals surface area contributed by atoms with E-state index in [1.54, 1.807) is 12.1 Å². The summed E-state index contributed by atoms with van der Waals surface area (Å²) in [6.07, 6.45) is 2.33. The Hall–Kier alpha value is -1.63. The molecule has 0 atom stereocenters. The minimum absolute atomic E-state index is 0.350. The van der Waals surface area contributed by atoms with Crippen LogP contribution in [0.1, 0.15) is 32.4 Å². The van der Waals surface area contributed by atoms with E-state index in [2.05, 4.69) is 29.4 Å². The first-order valence-corrected chi connectivity index (χ1v) is 5.20. The highest BCUT2D eigenvalue weighted by Crippen LogP contribution is 2.05. The molecule has 4 nitrogen and oxygen atoms in total. The number of hydrogen-bond acceptors (Lipinski definition) is 4. The van der Waals surface area contributed by atoms with Gasteiger partial charge in [0, 0.05) is 6.54 Å². The van der Waals surface area contributed by atoms with Crippen LogP contribution in [0.3, 0.4) is 0 Å². The van der Waals surface area contributed by atoms with E-state index in [0.717, 1.165) is 24.7 Å². The van der Waals surface area contributed by atoms with Gasteiger partial charge in [0.2, 0.25) is 0 Å². The second-order valence-electron chi connectivity index (χ2n) is 3.88. The fourth-order valence-corrected chi connectivity index (χ4v) is 1.21. The molecule has 15 heavy (non-hydrogen) atoms. The Morgan fingerprint density at radius 2 is 2.20 bits per heavy atom. The average molecular weight is 204 g/mol. The van der Waals surface area contributed by atoms with Crippen LogP contribution in [0, 0.1) is 17.2 Å². The van der Waals surface area contributed by atoms with E-state index >= 15 is 0 Å². The topological polar surface area (TPSA) is 61.6 Å². The van der Waals surface area contributed by atoms with Crippen molar-refractivity contribution in [2.24, 2.45) is 5.92 Å². The molecule has 1 N–H and O–H groups in total. The van der Waals surface area contributed by atoms with Crippen LogP contribution in [0.2, 0.25) is 0 Å². The molecule has 0 aliphatic rings. The van der Waals surface area contributed by atoms with Gasteiger partial charge >= 0.3 is 0 Å². The molecule has 0 radical (unpaired) electrons. The molecule has 0 aliphatic carbocycles. The van der Waals surface area contributed by atoms with E-state index in [1.807, 2.05) is 6.07 Å². The first-order valence-electron chi connectivity index (χ1n) is 5.20. The lowest BCUT2D eigenvalue weighted by molar-refractivity contribution is 0.566. The van der Waals surface area contributed by atoms with Gasteiger partial charge < -0.3 is 5.32 Å². The number of nitrogens with zero attached hydrogens (tertiary/aromatic N) is 3. The number of nitriles is 1. The summed E-state index contributed by atoms with van der Waals surface area (Å²) < 4.78 is 0. The van der Waals surface area contributed by atoms with Crippen LogP contribution in [-0.2, 0) is 0 Å². The predicted octanol–water partition coefficient (Wildman–Crippen LogP) is 2.20. The van der Waals surface area contributed by atoms with Crippen molar-refractivity contribution in [2.45, 2.75) is 26.7 Å². The fourth-order valence-electron chi connectivity index (χ4n) is 1.21. The number of hydrogen-bond donors (Lipinski definition) is 1. The lowest BCUT2D eigenvalue weighted by Crippen LogP contribution is -2.05. The highest BCUT2D eigenvalue weighted by molar-refractivity contribution is 5.34. The Bertz CT molecular complexity index is 323. The summed E-state index contributed by atoms with van der Waals surface area (Å²) >= 11 is 0. The molecule has 1 rings (SSSR count). The normalized spacial score (nSPS) is 10.0. The van der Waals surface area contributed by atoms with Gasteiger partial charge in [0.1, 0.15) is 11.9 Å². The van der Waals surface area contributed by atoms with Gasteiger partial charge in [-0.25, -0.2) is 0 Å². The van der Waals surface area contributed by atoms with Gasteiger partial charge in [0.05, 0.1) is 0 Å². The van der Waals surface area contributed by atoms with Crippen molar-refractivity contribution < 1.29 is 0 Å². The Morgan fingerprint density at radius 3 is 2.73 bits per heavy atom. The third-order valence-corrected chi connectivity index (χ3v) is 2.04. The molecule has 0 unspecified atom stereocenters. The standard InChI is InChI=1S/C11H16N4/c1-9(2)4-3-7-13-11-6-5-10(8-12)14-15-11/h5-6,9H,3-4,7H2,1-2H3,(H,13,15). The zero-order chi connectivity index (χ0) is 11.1. The summed E-state index contributed by atoms with van der Waals surface area (Å²) in [7, 11) is 0. The Balaban J connectivity index is 2.29. The highest BCUT2D eigenvalue weighted by Gasteiger charge is 1.97. The zero-order valence-corrected chi connectivity index (χ0v) is 9.20. The summed E-state index contributed by atoms with van der Waals surface area (Å²) in [5.41, 5.74) is 0.350. The van der Waals surface area contributed by atoms with Crippen molar-refractivity contribution in [1.29, 1.82) is 5.26 Å². The lowest BCUT2D eigenvalue weighted by atomic mass is 10.1. The second-order valence-corrected chi connectivity index (χ2v) is 3.88. The van der Waals surface area contributed by atoms with E-state index in [0.29, 0.717) is 5.69 Å². The SMILES string of the molecule is CC(C)CCCNc1ccc(C#N)nn1. The molecule has 1 aromatic rings. The molecular weight excluding hydrogens is 188 g/mol. The van der Waals surface area contributed by atoms with Gasteiger partial charge in [-0.3, -0.25) is 0 Å². The second kappa shape index (κ2) is 5.97. The van der Waals surface area contributed by atoms with Crippen molar-refractivity contribution in [3.63, 3.8) is 0 Å². The maximum atomic E-state index is 8.53. The van der Waals surface area contributed by atoms with Crippen LogP contribution in [0.25, 0.3) is 0 Å². The number of anilines is 1. The van der Waals surface area contributed by atoms with Gasteiger partial charge in [-0.1, -0.05) is 13.8 Å². The molecular formula is C11H16N4. The summed E-state index contributed by atoms with van der Waals surface area (Å²) in [5.74, 6) is 1.47. The molecule has 0 saturated carbocycles. The minimum Gasteiger partial charge on any atom is -0.369 e. The quantitative estimate of drug-likeness (QED) is 0.747. The van der Waals surface area contributed by atoms with Crippen molar-refractivity contribution in [1.82, 2.24) is 10.2 Å². The third kappa shape index (κ3) is 4.41. The molecule has 0 spiro atoms. The number of rotatable bonds is 5. The van der Waals surface area contributed by atoms with Gasteiger partial charge in [-0.15, -0.1) is 10.2 Å². The van der Waals surface area contributed by atoms with Crippen LogP contribution in [0.15, 0.2) is 12.1 Å². The zero-order valence-electron chi connectivity index (χ0n) is 9.20. The molecule has 1 heterocycles. The van der Waals surface area contributed by atoms with E-state index in [4.69, 9.17) is 5.26 Å². The molecule has 1 aromatic heterocycles. The van der Waals surface area contributed by atoms with Crippen LogP contribution in [0.5, 0.6) is 0 Å². The molecule has 0 aliphatic heterocycles. The predicted molar refractivity (Wildman–Crippen MR) is 59.3 cm³/mol. The molecule has 0 amide bonds. The maximum absolute atomic E-state index is 8.53. The summed E-state index contributed by atoms with van der Waals surface area (Å²) in [4.78, 5) is 0. The highest BCUT2D eigenvalue weighted by atomic mass is 15.2. The molecule has 4 heteroatoms. The molecule has 80 valence electrons. The van der Waals surface area contributed by atoms with Crippen molar-refractivity contribution >= 4 is 5.82 Å². The van der Waals surface area contributed by atoms with Crippen molar-refractivity contribution in [2.75, 3.05) is 11.9 Å². The molecule has 0 fully saturated rings. The van der Waals surface area contributed by atoms with Crippen molar-refractivity contribution in [3.05, 3.63) is 17.8 Å². The Morgan fingerprint density at radius 1 is 1.40 bits per heavy atom. The number of aromatic nitrogens is 2. The first-order chi connectivity index (χ1) is 7.22. The van der Waals surface area contributed by atoms with E-state index in [9.17, 15) is 0 Å².